The molecular formula is C23H30N2O2. The third kappa shape index (κ3) is 3.55. The highest BCUT2D eigenvalue weighted by Crippen LogP contribution is 2.32. The van der Waals surface area contributed by atoms with Crippen molar-refractivity contribution in [2.24, 2.45) is 5.92 Å². The molecule has 0 radical (unpaired) electrons. The summed E-state index contributed by atoms with van der Waals surface area (Å²) in [4.78, 5) is 15.2. The summed E-state index contributed by atoms with van der Waals surface area (Å²) < 4.78 is 5.89. The lowest BCUT2D eigenvalue weighted by Crippen LogP contribution is -2.62. The fourth-order valence-corrected chi connectivity index (χ4v) is 4.52. The second kappa shape index (κ2) is 6.83. The molecule has 2 atom stereocenters. The molecule has 3 aliphatic heterocycles. The maximum Gasteiger partial charge on any atom is 0.287 e. The van der Waals surface area contributed by atoms with Crippen LogP contribution in [0.2, 0.25) is 0 Å². The molecule has 5 rings (SSSR count). The molecule has 27 heavy (non-hydrogen) atoms. The number of hydrogen-bond donors (Lipinski definition) is 1. The molecule has 0 unspecified atom stereocenters. The highest BCUT2D eigenvalue weighted by molar-refractivity contribution is 5.92. The van der Waals surface area contributed by atoms with Crippen LogP contribution in [0.25, 0.3) is 11.3 Å². The van der Waals surface area contributed by atoms with Gasteiger partial charge in [-0.1, -0.05) is 45.0 Å². The molecule has 2 bridgehead atoms. The Morgan fingerprint density at radius 3 is 2.33 bits per heavy atom. The van der Waals surface area contributed by atoms with Crippen molar-refractivity contribution in [2.45, 2.75) is 58.0 Å². The molecule has 3 saturated heterocycles. The summed E-state index contributed by atoms with van der Waals surface area (Å²) in [6.07, 6.45) is 2.36. The average Bonchev–Trinajstić information content (AvgIpc) is 3.15. The molecule has 1 aromatic heterocycles. The van der Waals surface area contributed by atoms with E-state index in [1.165, 1.54) is 18.4 Å². The summed E-state index contributed by atoms with van der Waals surface area (Å²) in [6.45, 7) is 11.1. The smallest absolute Gasteiger partial charge is 0.287 e. The maximum atomic E-state index is 12.7. The Kier molecular flexibility index (Phi) is 4.63. The zero-order chi connectivity index (χ0) is 19.2. The van der Waals surface area contributed by atoms with E-state index in [9.17, 15) is 4.79 Å². The molecule has 4 heteroatoms. The van der Waals surface area contributed by atoms with Gasteiger partial charge in [0.1, 0.15) is 5.76 Å². The Hall–Kier alpha value is -2.07. The van der Waals surface area contributed by atoms with E-state index < -0.39 is 0 Å². The van der Waals surface area contributed by atoms with Crippen LogP contribution >= 0.6 is 0 Å². The van der Waals surface area contributed by atoms with E-state index in [1.54, 1.807) is 6.07 Å². The summed E-state index contributed by atoms with van der Waals surface area (Å²) in [6, 6.07) is 12.7. The number of benzene rings is 1. The van der Waals surface area contributed by atoms with E-state index in [1.807, 2.05) is 6.07 Å². The molecule has 0 saturated carbocycles. The van der Waals surface area contributed by atoms with Gasteiger partial charge in [-0.25, -0.2) is 0 Å². The first-order chi connectivity index (χ1) is 12.8. The van der Waals surface area contributed by atoms with Gasteiger partial charge in [-0.15, -0.1) is 0 Å². The first-order valence-electron chi connectivity index (χ1n) is 10.1. The lowest BCUT2D eigenvalue weighted by molar-refractivity contribution is 0.0211. The molecule has 1 N–H and O–H groups in total. The Labute approximate surface area is 161 Å². The van der Waals surface area contributed by atoms with Crippen molar-refractivity contribution in [3.63, 3.8) is 0 Å². The average molecular weight is 367 g/mol. The summed E-state index contributed by atoms with van der Waals surface area (Å²) in [5.74, 6) is 1.63. The van der Waals surface area contributed by atoms with Gasteiger partial charge in [0.05, 0.1) is 0 Å². The fourth-order valence-electron chi connectivity index (χ4n) is 4.52. The highest BCUT2D eigenvalue weighted by atomic mass is 16.3. The van der Waals surface area contributed by atoms with Crippen molar-refractivity contribution in [1.29, 1.82) is 0 Å². The third-order valence-corrected chi connectivity index (χ3v) is 6.34. The molecular weight excluding hydrogens is 336 g/mol. The van der Waals surface area contributed by atoms with Crippen molar-refractivity contribution < 1.29 is 9.21 Å². The second-order valence-corrected chi connectivity index (χ2v) is 9.10. The highest BCUT2D eigenvalue weighted by Gasteiger charge is 2.40. The molecule has 0 aliphatic carbocycles. The largest absolute Gasteiger partial charge is 0.451 e. The van der Waals surface area contributed by atoms with E-state index in [-0.39, 0.29) is 17.4 Å². The van der Waals surface area contributed by atoms with E-state index in [0.29, 0.717) is 17.7 Å². The number of nitrogens with zero attached hydrogens (tertiary/aromatic N) is 1. The Bertz CT molecular complexity index is 806. The molecule has 3 fully saturated rings. The molecule has 1 aromatic carbocycles. The van der Waals surface area contributed by atoms with E-state index in [4.69, 9.17) is 4.42 Å². The number of furan rings is 1. The molecule has 1 amide bonds. The van der Waals surface area contributed by atoms with Gasteiger partial charge in [0.15, 0.2) is 5.76 Å². The number of nitrogens with one attached hydrogen (secondary N) is 1. The zero-order valence-electron chi connectivity index (χ0n) is 16.8. The normalized spacial score (nSPS) is 27.6. The first kappa shape index (κ1) is 18.3. The standard InChI is InChI=1S/C23H30N2O2/c1-15-21(17-11-13-25(15)14-12-17)24-22(26)20-10-9-19(27-20)16-5-7-18(8-6-16)23(2,3)4/h5-10,15,17,21H,11-14H2,1-4H3,(H,24,26)/t15-,21-/m0/s1. The minimum atomic E-state index is -0.0989. The molecule has 4 heterocycles. The van der Waals surface area contributed by atoms with Gasteiger partial charge in [0.25, 0.3) is 5.91 Å². The Morgan fingerprint density at radius 2 is 1.74 bits per heavy atom. The molecule has 2 aromatic rings. The number of hydrogen-bond acceptors (Lipinski definition) is 3. The van der Waals surface area contributed by atoms with Crippen LogP contribution in [0.5, 0.6) is 0 Å². The molecule has 4 nitrogen and oxygen atoms in total. The number of amides is 1. The van der Waals surface area contributed by atoms with E-state index in [2.05, 4.69) is 62.2 Å². The zero-order valence-corrected chi connectivity index (χ0v) is 16.8. The molecule has 144 valence electrons. The third-order valence-electron chi connectivity index (χ3n) is 6.34. The van der Waals surface area contributed by atoms with Crippen LogP contribution in [0, 0.1) is 5.92 Å². The van der Waals surface area contributed by atoms with Gasteiger partial charge in [-0.05, 0) is 61.9 Å². The molecule has 3 aliphatic rings. The predicted octanol–water partition coefficient (Wildman–Crippen LogP) is 4.46. The Balaban J connectivity index is 1.47. The SMILES string of the molecule is C[C@H]1[C@H](NC(=O)c2ccc(-c3ccc(C(C)(C)C)cc3)o2)C2CCN1CC2. The van der Waals surface area contributed by atoms with Crippen molar-refractivity contribution in [2.75, 3.05) is 13.1 Å². The topological polar surface area (TPSA) is 45.5 Å². The van der Waals surface area contributed by atoms with Crippen LogP contribution in [0.15, 0.2) is 40.8 Å². The van der Waals surface area contributed by atoms with Crippen LogP contribution in [0.4, 0.5) is 0 Å². The number of carbonyl (C=O) groups excluding carboxylic acids is 1. The van der Waals surface area contributed by atoms with Gasteiger partial charge in [0, 0.05) is 17.6 Å². The summed E-state index contributed by atoms with van der Waals surface area (Å²) in [5.41, 5.74) is 2.41. The lowest BCUT2D eigenvalue weighted by Gasteiger charge is -2.49. The Morgan fingerprint density at radius 1 is 1.07 bits per heavy atom. The number of carbonyl (C=O) groups is 1. The van der Waals surface area contributed by atoms with Crippen LogP contribution in [0.3, 0.4) is 0 Å². The minimum absolute atomic E-state index is 0.0989. The van der Waals surface area contributed by atoms with Crippen molar-refractivity contribution >= 4 is 5.91 Å². The first-order valence-corrected chi connectivity index (χ1v) is 10.1. The van der Waals surface area contributed by atoms with Gasteiger partial charge >= 0.3 is 0 Å². The summed E-state index contributed by atoms with van der Waals surface area (Å²) in [7, 11) is 0. The van der Waals surface area contributed by atoms with Crippen LogP contribution in [-0.4, -0.2) is 36.0 Å². The number of piperidine rings is 3. The van der Waals surface area contributed by atoms with E-state index in [0.717, 1.165) is 24.4 Å². The maximum absolute atomic E-state index is 12.7. The van der Waals surface area contributed by atoms with Gasteiger partial charge in [0.2, 0.25) is 0 Å². The molecule has 0 spiro atoms. The lowest BCUT2D eigenvalue weighted by atomic mass is 9.79. The van der Waals surface area contributed by atoms with Crippen LogP contribution in [0.1, 0.15) is 56.7 Å². The van der Waals surface area contributed by atoms with Crippen molar-refractivity contribution in [3.8, 4) is 11.3 Å². The second-order valence-electron chi connectivity index (χ2n) is 9.10. The van der Waals surface area contributed by atoms with Crippen molar-refractivity contribution in [1.82, 2.24) is 10.2 Å². The van der Waals surface area contributed by atoms with Gasteiger partial charge < -0.3 is 9.73 Å². The quantitative estimate of drug-likeness (QED) is 0.872. The number of rotatable bonds is 3. The van der Waals surface area contributed by atoms with Crippen molar-refractivity contribution in [3.05, 3.63) is 47.7 Å². The minimum Gasteiger partial charge on any atom is -0.451 e. The fraction of sp³-hybridized carbons (Fsp3) is 0.522. The van der Waals surface area contributed by atoms with Crippen LogP contribution < -0.4 is 5.32 Å². The monoisotopic (exact) mass is 366 g/mol. The van der Waals surface area contributed by atoms with Gasteiger partial charge in [-0.2, -0.15) is 0 Å². The van der Waals surface area contributed by atoms with Gasteiger partial charge in [-0.3, -0.25) is 9.69 Å². The summed E-state index contributed by atoms with van der Waals surface area (Å²) in [5, 5.41) is 3.24. The van der Waals surface area contributed by atoms with E-state index >= 15 is 0 Å². The van der Waals surface area contributed by atoms with Crippen LogP contribution in [-0.2, 0) is 5.41 Å². The predicted molar refractivity (Wildman–Crippen MR) is 108 cm³/mol. The summed E-state index contributed by atoms with van der Waals surface area (Å²) >= 11 is 0. The number of fused-ring (bicyclic) bond motifs is 3.